The summed E-state index contributed by atoms with van der Waals surface area (Å²) >= 11 is 0. The van der Waals surface area contributed by atoms with E-state index in [0.717, 1.165) is 12.0 Å². The number of rotatable bonds is 3. The lowest BCUT2D eigenvalue weighted by molar-refractivity contribution is -0.210. The minimum absolute atomic E-state index is 0.0175. The van der Waals surface area contributed by atoms with Gasteiger partial charge < -0.3 is 14.6 Å². The van der Waals surface area contributed by atoms with Gasteiger partial charge in [-0.15, -0.1) is 0 Å². The first-order valence-corrected chi connectivity index (χ1v) is 8.45. The lowest BCUT2D eigenvalue weighted by atomic mass is 9.55. The minimum Gasteiger partial charge on any atom is -0.465 e. The molecule has 0 fully saturated rings. The highest BCUT2D eigenvalue weighted by Crippen LogP contribution is 2.53. The van der Waals surface area contributed by atoms with Gasteiger partial charge in [0.2, 0.25) is 0 Å². The van der Waals surface area contributed by atoms with Crippen LogP contribution in [0.3, 0.4) is 0 Å². The van der Waals surface area contributed by atoms with Crippen molar-refractivity contribution in [2.45, 2.75) is 65.6 Å². The summed E-state index contributed by atoms with van der Waals surface area (Å²) in [6, 6.07) is 0. The molecule has 0 saturated carbocycles. The molecule has 0 heterocycles. The van der Waals surface area contributed by atoms with Crippen LogP contribution in [0.4, 0.5) is 0 Å². The Kier molecular flexibility index (Phi) is 5.23. The molecule has 0 aliphatic heterocycles. The predicted octanol–water partition coefficient (Wildman–Crippen LogP) is 2.92. The first-order valence-electron chi connectivity index (χ1n) is 8.45. The van der Waals surface area contributed by atoms with Gasteiger partial charge in [0, 0.05) is 25.7 Å². The highest BCUT2D eigenvalue weighted by atomic mass is 16.6. The molecule has 5 heteroatoms. The van der Waals surface area contributed by atoms with Gasteiger partial charge in [-0.05, 0) is 32.6 Å². The maximum atomic E-state index is 11.6. The van der Waals surface area contributed by atoms with Crippen molar-refractivity contribution in [3.8, 4) is 0 Å². The Morgan fingerprint density at radius 3 is 2.50 bits per heavy atom. The first-order chi connectivity index (χ1) is 11.1. The van der Waals surface area contributed by atoms with E-state index in [1.54, 1.807) is 0 Å². The van der Waals surface area contributed by atoms with Crippen molar-refractivity contribution >= 4 is 11.9 Å². The zero-order valence-corrected chi connectivity index (χ0v) is 15.2. The Balaban J connectivity index is 2.54. The second-order valence-electron chi connectivity index (χ2n) is 7.42. The quantitative estimate of drug-likeness (QED) is 0.634. The van der Waals surface area contributed by atoms with Gasteiger partial charge in [0.1, 0.15) is 18.3 Å². The Morgan fingerprint density at radius 2 is 1.92 bits per heavy atom. The fourth-order valence-electron chi connectivity index (χ4n) is 4.12. The Labute approximate surface area is 143 Å². The molecule has 5 nitrogen and oxygen atoms in total. The zero-order valence-electron chi connectivity index (χ0n) is 15.2. The van der Waals surface area contributed by atoms with Gasteiger partial charge >= 0.3 is 11.9 Å². The third kappa shape index (κ3) is 3.27. The van der Waals surface area contributed by atoms with E-state index in [1.165, 1.54) is 19.4 Å². The van der Waals surface area contributed by atoms with E-state index in [9.17, 15) is 14.7 Å². The second-order valence-corrected chi connectivity index (χ2v) is 7.42. The molecular formula is C19H28O5. The van der Waals surface area contributed by atoms with Crippen LogP contribution in [-0.2, 0) is 19.1 Å². The maximum absolute atomic E-state index is 11.6. The molecule has 24 heavy (non-hydrogen) atoms. The van der Waals surface area contributed by atoms with Crippen LogP contribution in [0.15, 0.2) is 23.3 Å². The summed E-state index contributed by atoms with van der Waals surface area (Å²) < 4.78 is 10.8. The molecule has 0 aromatic carbocycles. The molecule has 0 radical (unpaired) electrons. The Bertz CT molecular complexity index is 591. The summed E-state index contributed by atoms with van der Waals surface area (Å²) in [5.41, 5.74) is 0.249. The van der Waals surface area contributed by atoms with Crippen molar-refractivity contribution in [2.24, 2.45) is 11.3 Å². The van der Waals surface area contributed by atoms with Gasteiger partial charge in [-0.1, -0.05) is 30.2 Å². The predicted molar refractivity (Wildman–Crippen MR) is 90.1 cm³/mol. The van der Waals surface area contributed by atoms with Gasteiger partial charge in [0.15, 0.2) is 0 Å². The van der Waals surface area contributed by atoms with Crippen molar-refractivity contribution in [1.82, 2.24) is 0 Å². The van der Waals surface area contributed by atoms with Crippen LogP contribution < -0.4 is 0 Å². The number of hydrogen-bond acceptors (Lipinski definition) is 5. The average Bonchev–Trinajstić information content (AvgIpc) is 2.47. The summed E-state index contributed by atoms with van der Waals surface area (Å²) in [6.07, 6.45) is 5.10. The fourth-order valence-corrected chi connectivity index (χ4v) is 4.12. The number of ether oxygens (including phenoxy) is 2. The van der Waals surface area contributed by atoms with E-state index in [1.807, 2.05) is 26.8 Å². The highest BCUT2D eigenvalue weighted by Gasteiger charge is 2.59. The number of allylic oxidation sites excluding steroid dienone is 2. The lowest BCUT2D eigenvalue weighted by Gasteiger charge is -2.55. The first kappa shape index (κ1) is 18.7. The number of fused-ring (bicyclic) bond motifs is 2. The minimum atomic E-state index is -1.28. The zero-order chi connectivity index (χ0) is 18.1. The number of carbonyl (C=O) groups excluding carboxylic acids is 2. The van der Waals surface area contributed by atoms with Crippen LogP contribution in [0.5, 0.6) is 0 Å². The van der Waals surface area contributed by atoms with Crippen molar-refractivity contribution < 1.29 is 24.2 Å². The number of hydrogen-bond donors (Lipinski definition) is 1. The second kappa shape index (κ2) is 6.71. The highest BCUT2D eigenvalue weighted by molar-refractivity contribution is 5.66. The van der Waals surface area contributed by atoms with E-state index in [4.69, 9.17) is 9.47 Å². The molecule has 2 aliphatic rings. The van der Waals surface area contributed by atoms with Crippen LogP contribution in [-0.4, -0.2) is 35.4 Å². The molecule has 4 atom stereocenters. The molecule has 0 aromatic rings. The summed E-state index contributed by atoms with van der Waals surface area (Å²) in [5.74, 6) is -0.777. The van der Waals surface area contributed by atoms with Crippen LogP contribution in [0.2, 0.25) is 0 Å². The topological polar surface area (TPSA) is 72.8 Å². The summed E-state index contributed by atoms with van der Waals surface area (Å²) in [7, 11) is 0. The van der Waals surface area contributed by atoms with Gasteiger partial charge in [-0.2, -0.15) is 0 Å². The number of carbonyl (C=O) groups is 2. The lowest BCUT2D eigenvalue weighted by Crippen LogP contribution is -2.63. The van der Waals surface area contributed by atoms with E-state index < -0.39 is 23.1 Å². The van der Waals surface area contributed by atoms with E-state index in [0.29, 0.717) is 12.8 Å². The van der Waals surface area contributed by atoms with Crippen molar-refractivity contribution in [3.63, 3.8) is 0 Å². The standard InChI is InChI=1S/C19H28O5/c1-12-6-7-16-13(2)8-9-19(22,17(10-12)24-15(4)21)18(16,5)11-23-14(3)20/h6,8,16-17,22H,7,9-11H2,1-5H3/b12-6-/t16-,17-,18?,19+/m0/s1. The van der Waals surface area contributed by atoms with Crippen molar-refractivity contribution in [1.29, 1.82) is 0 Å². The molecule has 0 saturated heterocycles. The molecule has 0 aromatic heterocycles. The summed E-state index contributed by atoms with van der Waals surface area (Å²) in [5, 5.41) is 11.6. The van der Waals surface area contributed by atoms with E-state index >= 15 is 0 Å². The van der Waals surface area contributed by atoms with Crippen LogP contribution in [0.25, 0.3) is 0 Å². The maximum Gasteiger partial charge on any atom is 0.303 e. The van der Waals surface area contributed by atoms with E-state index in [-0.39, 0.29) is 18.5 Å². The fraction of sp³-hybridized carbons (Fsp3) is 0.684. The van der Waals surface area contributed by atoms with Crippen molar-refractivity contribution in [2.75, 3.05) is 6.61 Å². The molecule has 1 unspecified atom stereocenters. The van der Waals surface area contributed by atoms with Crippen molar-refractivity contribution in [3.05, 3.63) is 23.3 Å². The largest absolute Gasteiger partial charge is 0.465 e. The third-order valence-electron chi connectivity index (χ3n) is 5.67. The molecule has 2 bridgehead atoms. The normalized spacial score (nSPS) is 38.1. The monoisotopic (exact) mass is 336 g/mol. The Morgan fingerprint density at radius 1 is 1.25 bits per heavy atom. The molecule has 0 spiro atoms. The SMILES string of the molecule is CC(=O)OCC1(C)[C@H]2C/C=C(/C)C[C@H](OC(C)=O)[C@]1(O)CC=C2C. The number of esters is 2. The van der Waals surface area contributed by atoms with Crippen LogP contribution in [0, 0.1) is 11.3 Å². The van der Waals surface area contributed by atoms with Crippen LogP contribution >= 0.6 is 0 Å². The van der Waals surface area contributed by atoms with Gasteiger partial charge in [0.05, 0.1) is 0 Å². The molecule has 134 valence electrons. The van der Waals surface area contributed by atoms with Gasteiger partial charge in [0.25, 0.3) is 0 Å². The average molecular weight is 336 g/mol. The van der Waals surface area contributed by atoms with E-state index in [2.05, 4.69) is 6.08 Å². The van der Waals surface area contributed by atoms with Gasteiger partial charge in [-0.3, -0.25) is 9.59 Å². The summed E-state index contributed by atoms with van der Waals surface area (Å²) in [6.45, 7) is 8.78. The molecule has 0 amide bonds. The molecule has 2 aliphatic carbocycles. The summed E-state index contributed by atoms with van der Waals surface area (Å²) in [4.78, 5) is 23.0. The van der Waals surface area contributed by atoms with Gasteiger partial charge in [-0.25, -0.2) is 0 Å². The molecule has 1 N–H and O–H groups in total. The molecule has 2 rings (SSSR count). The third-order valence-corrected chi connectivity index (χ3v) is 5.67. The molecular weight excluding hydrogens is 308 g/mol. The smallest absolute Gasteiger partial charge is 0.303 e. The number of aliphatic hydroxyl groups is 1. The Hall–Kier alpha value is -1.62. The van der Waals surface area contributed by atoms with Crippen LogP contribution in [0.1, 0.15) is 53.9 Å².